The molecule has 0 amide bonds. The number of unbranched alkanes of at least 4 members (excludes halogenated alkanes) is 2. The number of aliphatic hydroxyl groups excluding tert-OH is 11. The second-order valence-electron chi connectivity index (χ2n) is 9.17. The van der Waals surface area contributed by atoms with Gasteiger partial charge in [-0.3, -0.25) is 0 Å². The molecule has 4 unspecified atom stereocenters. The quantitative estimate of drug-likeness (QED) is 0.0461. The van der Waals surface area contributed by atoms with Crippen molar-refractivity contribution in [1.29, 1.82) is 0 Å². The average molecular weight is 588 g/mol. The summed E-state index contributed by atoms with van der Waals surface area (Å²) in [5.41, 5.74) is 5.46. The van der Waals surface area contributed by atoms with Crippen LogP contribution >= 0.6 is 0 Å². The van der Waals surface area contributed by atoms with Gasteiger partial charge in [-0.25, -0.2) is 0 Å². The average Bonchev–Trinajstić information content (AvgIpc) is 2.94. The van der Waals surface area contributed by atoms with Gasteiger partial charge in [0.25, 0.3) is 6.29 Å². The molecule has 0 bridgehead atoms. The van der Waals surface area contributed by atoms with Crippen molar-refractivity contribution in [2.75, 3.05) is 33.0 Å². The number of nitrogens with two attached hydrogens (primary N) is 1. The van der Waals surface area contributed by atoms with Gasteiger partial charge in [-0.15, -0.1) is 0 Å². The van der Waals surface area contributed by atoms with E-state index in [4.69, 9.17) is 34.5 Å². The SMILES string of the molecule is NCCCCCO[C@H]1OC(CO)[C@@H](O)C(O)=C1O[C@@H](O)/C(O[C@@H]1OC(CO)[C@@H](O)C(O)C1O)=C(\O)[C@H](O)CCO. The largest absolute Gasteiger partial charge is 0.506 e. The maximum absolute atomic E-state index is 10.9. The van der Waals surface area contributed by atoms with Gasteiger partial charge < -0.3 is 85.6 Å². The summed E-state index contributed by atoms with van der Waals surface area (Å²) in [5.74, 6) is -3.75. The molecule has 2 rings (SSSR count). The Labute approximate surface area is 229 Å². The summed E-state index contributed by atoms with van der Waals surface area (Å²) in [6, 6.07) is 0. The second kappa shape index (κ2) is 16.6. The normalized spacial score (nSPS) is 33.4. The van der Waals surface area contributed by atoms with Crippen LogP contribution in [-0.4, -0.2) is 151 Å². The van der Waals surface area contributed by atoms with E-state index in [1.165, 1.54) is 0 Å². The van der Waals surface area contributed by atoms with Crippen LogP contribution in [0.3, 0.4) is 0 Å². The van der Waals surface area contributed by atoms with E-state index >= 15 is 0 Å². The van der Waals surface area contributed by atoms with Crippen LogP contribution in [0.4, 0.5) is 0 Å². The summed E-state index contributed by atoms with van der Waals surface area (Å²) in [4.78, 5) is 0. The van der Waals surface area contributed by atoms with Crippen LogP contribution in [0.1, 0.15) is 25.7 Å². The Bertz CT molecular complexity index is 825. The van der Waals surface area contributed by atoms with Gasteiger partial charge in [0.05, 0.1) is 19.8 Å². The van der Waals surface area contributed by atoms with Gasteiger partial charge in [0.15, 0.2) is 17.3 Å². The third-order valence-corrected chi connectivity index (χ3v) is 6.22. The molecule has 17 heteroatoms. The van der Waals surface area contributed by atoms with Gasteiger partial charge in [0, 0.05) is 13.0 Å². The minimum absolute atomic E-state index is 0.0413. The van der Waals surface area contributed by atoms with Crippen molar-refractivity contribution in [3.8, 4) is 0 Å². The van der Waals surface area contributed by atoms with Gasteiger partial charge in [-0.1, -0.05) is 0 Å². The summed E-state index contributed by atoms with van der Waals surface area (Å²) in [5, 5.41) is 111. The van der Waals surface area contributed by atoms with Crippen LogP contribution < -0.4 is 5.73 Å². The molecule has 13 N–H and O–H groups in total. The van der Waals surface area contributed by atoms with E-state index < -0.39 is 111 Å². The molecule has 1 saturated heterocycles. The van der Waals surface area contributed by atoms with E-state index in [0.717, 1.165) is 0 Å². The summed E-state index contributed by atoms with van der Waals surface area (Å²) in [7, 11) is 0. The lowest BCUT2D eigenvalue weighted by atomic mass is 9.99. The highest BCUT2D eigenvalue weighted by molar-refractivity contribution is 5.16. The smallest absolute Gasteiger partial charge is 0.259 e. The Morgan fingerprint density at radius 2 is 1.57 bits per heavy atom. The Hall–Kier alpha value is -1.84. The maximum atomic E-state index is 10.9. The molecular formula is C23H41NO16. The monoisotopic (exact) mass is 587 g/mol. The molecule has 2 aliphatic heterocycles. The van der Waals surface area contributed by atoms with Gasteiger partial charge in [-0.2, -0.15) is 0 Å². The van der Waals surface area contributed by atoms with Crippen molar-refractivity contribution in [2.24, 2.45) is 5.73 Å². The highest BCUT2D eigenvalue weighted by atomic mass is 16.7. The third kappa shape index (κ3) is 8.58. The van der Waals surface area contributed by atoms with Crippen molar-refractivity contribution >= 4 is 0 Å². The van der Waals surface area contributed by atoms with Gasteiger partial charge in [-0.05, 0) is 25.8 Å². The zero-order valence-corrected chi connectivity index (χ0v) is 21.7. The fourth-order valence-corrected chi connectivity index (χ4v) is 3.86. The first kappa shape index (κ1) is 34.4. The summed E-state index contributed by atoms with van der Waals surface area (Å²) >= 11 is 0. The van der Waals surface area contributed by atoms with Gasteiger partial charge >= 0.3 is 0 Å². The van der Waals surface area contributed by atoms with Crippen molar-refractivity contribution in [3.05, 3.63) is 23.0 Å². The molecule has 40 heavy (non-hydrogen) atoms. The fraction of sp³-hybridized carbons (Fsp3) is 0.826. The molecule has 1 fully saturated rings. The van der Waals surface area contributed by atoms with E-state index in [0.29, 0.717) is 25.8 Å². The van der Waals surface area contributed by atoms with Gasteiger partial charge in [0.1, 0.15) is 42.7 Å². The first-order chi connectivity index (χ1) is 19.0. The molecule has 0 spiro atoms. The number of ether oxygens (including phenoxy) is 5. The molecule has 0 aromatic carbocycles. The topological polar surface area (TPSA) is 295 Å². The Kier molecular flexibility index (Phi) is 14.2. The van der Waals surface area contributed by atoms with Crippen LogP contribution in [0.15, 0.2) is 23.0 Å². The molecule has 2 heterocycles. The first-order valence-electron chi connectivity index (χ1n) is 12.7. The molecule has 0 aromatic heterocycles. The van der Waals surface area contributed by atoms with Crippen molar-refractivity contribution < 1.29 is 79.9 Å². The first-order valence-corrected chi connectivity index (χ1v) is 12.7. The van der Waals surface area contributed by atoms with Crippen molar-refractivity contribution in [2.45, 2.75) is 87.3 Å². The van der Waals surface area contributed by atoms with E-state index in [1.54, 1.807) is 0 Å². The second-order valence-corrected chi connectivity index (χ2v) is 9.17. The summed E-state index contributed by atoms with van der Waals surface area (Å²) in [6.07, 6.45) is -16.6. The molecule has 0 saturated carbocycles. The Balaban J connectivity index is 2.36. The minimum atomic E-state index is -2.44. The predicted molar refractivity (Wildman–Crippen MR) is 130 cm³/mol. The highest BCUT2D eigenvalue weighted by Crippen LogP contribution is 2.31. The highest BCUT2D eigenvalue weighted by Gasteiger charge is 2.47. The number of aliphatic hydroxyl groups is 11. The number of hydrogen-bond acceptors (Lipinski definition) is 17. The fourth-order valence-electron chi connectivity index (χ4n) is 3.86. The lowest BCUT2D eigenvalue weighted by molar-refractivity contribution is -0.300. The number of rotatable bonds is 16. The molecular weight excluding hydrogens is 546 g/mol. The molecule has 0 radical (unpaired) electrons. The summed E-state index contributed by atoms with van der Waals surface area (Å²) < 4.78 is 26.8. The van der Waals surface area contributed by atoms with E-state index in [1.807, 2.05) is 0 Å². The van der Waals surface area contributed by atoms with Crippen LogP contribution in [0.5, 0.6) is 0 Å². The van der Waals surface area contributed by atoms with Crippen LogP contribution in [0.2, 0.25) is 0 Å². The molecule has 0 aromatic rings. The van der Waals surface area contributed by atoms with Crippen molar-refractivity contribution in [1.82, 2.24) is 0 Å². The standard InChI is InChI=1S/C23H41NO16/c24-5-2-1-3-7-36-23-20(17(33)15(31)12(9-27)38-23)39-21(35)19(13(29)10(28)4-6-25)40-22-18(34)16(32)14(30)11(8-26)37-22/h10-12,14-16,18,21-23,25-35H,1-9,24H2/b19-13+/t10-,11?,12?,14-,15-,16?,18?,21-,22+,23+/m1/s1. The van der Waals surface area contributed by atoms with Crippen LogP contribution in [0.25, 0.3) is 0 Å². The molecule has 2 aliphatic rings. The summed E-state index contributed by atoms with van der Waals surface area (Å²) in [6.45, 7) is -1.68. The zero-order chi connectivity index (χ0) is 30.0. The maximum Gasteiger partial charge on any atom is 0.259 e. The molecule has 17 nitrogen and oxygen atoms in total. The minimum Gasteiger partial charge on any atom is -0.506 e. The lowest BCUT2D eigenvalue weighted by Crippen LogP contribution is -2.59. The molecule has 234 valence electrons. The van der Waals surface area contributed by atoms with E-state index in [-0.39, 0.29) is 6.61 Å². The number of hydrogen-bond donors (Lipinski definition) is 12. The third-order valence-electron chi connectivity index (χ3n) is 6.22. The Morgan fingerprint density at radius 1 is 0.900 bits per heavy atom. The molecule has 0 aliphatic carbocycles. The van der Waals surface area contributed by atoms with Gasteiger partial charge in [0.2, 0.25) is 18.3 Å². The Morgan fingerprint density at radius 3 is 2.17 bits per heavy atom. The van der Waals surface area contributed by atoms with Crippen molar-refractivity contribution in [3.63, 3.8) is 0 Å². The predicted octanol–water partition coefficient (Wildman–Crippen LogP) is -4.36. The van der Waals surface area contributed by atoms with E-state index in [9.17, 15) is 51.1 Å². The van der Waals surface area contributed by atoms with Crippen LogP contribution in [0, 0.1) is 0 Å². The van der Waals surface area contributed by atoms with Crippen LogP contribution in [-0.2, 0) is 23.7 Å². The lowest BCUT2D eigenvalue weighted by Gasteiger charge is -2.40. The molecule has 10 atom stereocenters. The zero-order valence-electron chi connectivity index (χ0n) is 21.7. The van der Waals surface area contributed by atoms with E-state index in [2.05, 4.69) is 0 Å².